The first kappa shape index (κ1) is 12.2. The zero-order valence-electron chi connectivity index (χ0n) is 11.4. The fourth-order valence-electron chi connectivity index (χ4n) is 2.56. The first-order chi connectivity index (χ1) is 9.29. The zero-order chi connectivity index (χ0) is 13.2. The quantitative estimate of drug-likeness (QED) is 0.915. The molecule has 0 spiro atoms. The van der Waals surface area contributed by atoms with Gasteiger partial charge in [-0.25, -0.2) is 4.98 Å². The number of nitrogens with one attached hydrogen (secondary N) is 1. The lowest BCUT2D eigenvalue weighted by molar-refractivity contribution is 0.288. The number of fused-ring (bicyclic) bond motifs is 1. The molecule has 0 atom stereocenters. The maximum atomic E-state index is 5.66. The lowest BCUT2D eigenvalue weighted by atomic mass is 10.0. The van der Waals surface area contributed by atoms with E-state index in [2.05, 4.69) is 40.1 Å². The van der Waals surface area contributed by atoms with Crippen molar-refractivity contribution in [2.24, 2.45) is 7.05 Å². The fourth-order valence-corrected chi connectivity index (χ4v) is 2.56. The highest BCUT2D eigenvalue weighted by Crippen LogP contribution is 2.30. The Bertz CT molecular complexity index is 589. The minimum Gasteiger partial charge on any atom is -0.493 e. The van der Waals surface area contributed by atoms with E-state index in [1.807, 2.05) is 13.2 Å². The molecule has 0 saturated carbocycles. The molecule has 0 unspecified atom stereocenters. The predicted molar refractivity (Wildman–Crippen MR) is 75.2 cm³/mol. The number of hydrogen-bond acceptors (Lipinski definition) is 3. The van der Waals surface area contributed by atoms with Gasteiger partial charge < -0.3 is 14.6 Å². The molecule has 1 aliphatic heterocycles. The number of imidazole rings is 1. The molecule has 4 heteroatoms. The number of ether oxygens (including phenoxy) is 1. The van der Waals surface area contributed by atoms with Gasteiger partial charge in [-0.05, 0) is 43.7 Å². The molecule has 0 fully saturated rings. The second-order valence-corrected chi connectivity index (χ2v) is 4.92. The lowest BCUT2D eigenvalue weighted by Gasteiger charge is -2.18. The van der Waals surface area contributed by atoms with Gasteiger partial charge in [-0.2, -0.15) is 0 Å². The van der Waals surface area contributed by atoms with Gasteiger partial charge in [-0.1, -0.05) is 0 Å². The van der Waals surface area contributed by atoms with Crippen LogP contribution in [0, 0.1) is 0 Å². The summed E-state index contributed by atoms with van der Waals surface area (Å²) in [5.74, 6) is 2.08. The molecular weight excluding hydrogens is 238 g/mol. The summed E-state index contributed by atoms with van der Waals surface area (Å²) in [7, 11) is 4.00. The van der Waals surface area contributed by atoms with Crippen molar-refractivity contribution in [1.29, 1.82) is 0 Å². The molecule has 1 aliphatic rings. The molecule has 0 radical (unpaired) electrons. The van der Waals surface area contributed by atoms with E-state index < -0.39 is 0 Å². The summed E-state index contributed by atoms with van der Waals surface area (Å²) in [6.45, 7) is 1.62. The second kappa shape index (κ2) is 5.05. The van der Waals surface area contributed by atoms with E-state index in [1.54, 1.807) is 0 Å². The highest BCUT2D eigenvalue weighted by atomic mass is 16.5. The van der Waals surface area contributed by atoms with Crippen molar-refractivity contribution in [2.45, 2.75) is 19.4 Å². The number of aryl methyl sites for hydroxylation is 1. The van der Waals surface area contributed by atoms with Gasteiger partial charge in [0, 0.05) is 12.6 Å². The van der Waals surface area contributed by atoms with Crippen LogP contribution in [0.1, 0.15) is 17.8 Å². The van der Waals surface area contributed by atoms with Gasteiger partial charge >= 0.3 is 0 Å². The van der Waals surface area contributed by atoms with Crippen LogP contribution in [-0.4, -0.2) is 23.2 Å². The Balaban J connectivity index is 1.98. The largest absolute Gasteiger partial charge is 0.493 e. The van der Waals surface area contributed by atoms with Crippen molar-refractivity contribution in [1.82, 2.24) is 14.9 Å². The van der Waals surface area contributed by atoms with Crippen molar-refractivity contribution < 1.29 is 4.74 Å². The van der Waals surface area contributed by atoms with E-state index in [1.165, 1.54) is 11.1 Å². The minimum atomic E-state index is 0.782. The van der Waals surface area contributed by atoms with Crippen LogP contribution >= 0.6 is 0 Å². The van der Waals surface area contributed by atoms with Crippen molar-refractivity contribution in [3.63, 3.8) is 0 Å². The molecule has 2 aromatic rings. The molecule has 3 rings (SSSR count). The fraction of sp³-hybridized carbons (Fsp3) is 0.400. The van der Waals surface area contributed by atoms with Crippen molar-refractivity contribution in [2.75, 3.05) is 13.7 Å². The number of aromatic nitrogens is 2. The van der Waals surface area contributed by atoms with E-state index in [-0.39, 0.29) is 0 Å². The Morgan fingerprint density at radius 3 is 3.16 bits per heavy atom. The zero-order valence-corrected chi connectivity index (χ0v) is 11.4. The molecule has 2 heterocycles. The summed E-state index contributed by atoms with van der Waals surface area (Å²) in [5.41, 5.74) is 3.67. The van der Waals surface area contributed by atoms with Crippen LogP contribution in [0.25, 0.3) is 11.3 Å². The molecule has 4 nitrogen and oxygen atoms in total. The van der Waals surface area contributed by atoms with Gasteiger partial charge in [-0.3, -0.25) is 0 Å². The van der Waals surface area contributed by atoms with Crippen LogP contribution in [0.4, 0.5) is 0 Å². The normalized spacial score (nSPS) is 14.0. The highest BCUT2D eigenvalue weighted by molar-refractivity contribution is 5.62. The molecule has 0 bridgehead atoms. The maximum Gasteiger partial charge on any atom is 0.122 e. The van der Waals surface area contributed by atoms with Gasteiger partial charge in [-0.15, -0.1) is 0 Å². The summed E-state index contributed by atoms with van der Waals surface area (Å²) >= 11 is 0. The van der Waals surface area contributed by atoms with Crippen LogP contribution < -0.4 is 10.1 Å². The maximum absolute atomic E-state index is 5.66. The van der Waals surface area contributed by atoms with E-state index in [9.17, 15) is 0 Å². The topological polar surface area (TPSA) is 39.1 Å². The van der Waals surface area contributed by atoms with Gasteiger partial charge in [0.05, 0.1) is 25.0 Å². The van der Waals surface area contributed by atoms with E-state index in [0.717, 1.165) is 43.3 Å². The molecule has 19 heavy (non-hydrogen) atoms. The van der Waals surface area contributed by atoms with Crippen molar-refractivity contribution in [3.05, 3.63) is 35.8 Å². The van der Waals surface area contributed by atoms with Crippen molar-refractivity contribution >= 4 is 0 Å². The Labute approximate surface area is 113 Å². The molecule has 100 valence electrons. The molecule has 0 aliphatic carbocycles. The summed E-state index contributed by atoms with van der Waals surface area (Å²) in [6, 6.07) is 6.42. The summed E-state index contributed by atoms with van der Waals surface area (Å²) in [4.78, 5) is 4.46. The molecule has 0 amide bonds. The number of benzene rings is 1. The van der Waals surface area contributed by atoms with Crippen molar-refractivity contribution in [3.8, 4) is 17.0 Å². The average molecular weight is 257 g/mol. The number of rotatable bonds is 3. The van der Waals surface area contributed by atoms with E-state index in [4.69, 9.17) is 4.74 Å². The predicted octanol–water partition coefficient (Wildman–Crippen LogP) is 2.13. The molecule has 1 N–H and O–H groups in total. The SMILES string of the molecule is CNCc1ncc(-c2ccc3c(c2)CCCO3)n1C. The van der Waals surface area contributed by atoms with E-state index >= 15 is 0 Å². The molecule has 0 saturated heterocycles. The standard InChI is InChI=1S/C15H19N3O/c1-16-10-15-17-9-13(18(15)2)11-5-6-14-12(8-11)4-3-7-19-14/h5-6,8-9,16H,3-4,7,10H2,1-2H3. The first-order valence-corrected chi connectivity index (χ1v) is 6.71. The smallest absolute Gasteiger partial charge is 0.122 e. The summed E-state index contributed by atoms with van der Waals surface area (Å²) in [5, 5.41) is 3.14. The Morgan fingerprint density at radius 2 is 2.32 bits per heavy atom. The third kappa shape index (κ3) is 2.24. The Morgan fingerprint density at radius 1 is 1.42 bits per heavy atom. The second-order valence-electron chi connectivity index (χ2n) is 4.92. The molecule has 1 aromatic heterocycles. The van der Waals surface area contributed by atoms with Gasteiger partial charge in [0.2, 0.25) is 0 Å². The van der Waals surface area contributed by atoms with Gasteiger partial charge in [0.15, 0.2) is 0 Å². The first-order valence-electron chi connectivity index (χ1n) is 6.71. The van der Waals surface area contributed by atoms with Crippen LogP contribution in [0.3, 0.4) is 0 Å². The van der Waals surface area contributed by atoms with Crippen LogP contribution in [-0.2, 0) is 20.0 Å². The van der Waals surface area contributed by atoms with Gasteiger partial charge in [0.25, 0.3) is 0 Å². The minimum absolute atomic E-state index is 0.782. The number of nitrogens with zero attached hydrogens (tertiary/aromatic N) is 2. The molecule has 1 aromatic carbocycles. The summed E-state index contributed by atoms with van der Waals surface area (Å²) < 4.78 is 7.80. The Kier molecular flexibility index (Phi) is 3.25. The third-order valence-electron chi connectivity index (χ3n) is 3.62. The average Bonchev–Trinajstić information content (AvgIpc) is 2.80. The highest BCUT2D eigenvalue weighted by Gasteiger charge is 2.13. The summed E-state index contributed by atoms with van der Waals surface area (Å²) in [6.07, 6.45) is 4.15. The Hall–Kier alpha value is -1.81. The third-order valence-corrected chi connectivity index (χ3v) is 3.62. The lowest BCUT2D eigenvalue weighted by Crippen LogP contribution is -2.11. The number of hydrogen-bond donors (Lipinski definition) is 1. The molecular formula is C15H19N3O. The monoisotopic (exact) mass is 257 g/mol. The van der Waals surface area contributed by atoms with E-state index in [0.29, 0.717) is 0 Å². The van der Waals surface area contributed by atoms with Crippen LogP contribution in [0.5, 0.6) is 5.75 Å². The van der Waals surface area contributed by atoms with Crippen LogP contribution in [0.2, 0.25) is 0 Å². The van der Waals surface area contributed by atoms with Gasteiger partial charge in [0.1, 0.15) is 11.6 Å². The van der Waals surface area contributed by atoms with Crippen LogP contribution in [0.15, 0.2) is 24.4 Å².